The van der Waals surface area contributed by atoms with E-state index in [1.807, 2.05) is 50.2 Å². The smallest absolute Gasteiger partial charge is 0.325 e. The van der Waals surface area contributed by atoms with Gasteiger partial charge in [0.15, 0.2) is 0 Å². The number of nitrogens with zero attached hydrogens (tertiary/aromatic N) is 2. The van der Waals surface area contributed by atoms with Crippen molar-refractivity contribution < 1.29 is 14.0 Å². The number of imidazole rings is 1. The van der Waals surface area contributed by atoms with Crippen LogP contribution in [0.5, 0.6) is 0 Å². The maximum absolute atomic E-state index is 14.8. The monoisotopic (exact) mass is 572 g/mol. The number of hydrogen-bond acceptors (Lipinski definition) is 3. The Morgan fingerprint density at radius 1 is 1.18 bits per heavy atom. The van der Waals surface area contributed by atoms with Crippen molar-refractivity contribution in [3.63, 3.8) is 0 Å². The van der Waals surface area contributed by atoms with Gasteiger partial charge in [-0.1, -0.05) is 50.1 Å². The number of aryl methyl sites for hydroxylation is 1. The van der Waals surface area contributed by atoms with Gasteiger partial charge in [0.1, 0.15) is 23.7 Å². The van der Waals surface area contributed by atoms with Gasteiger partial charge in [-0.15, -0.1) is 0 Å². The van der Waals surface area contributed by atoms with Gasteiger partial charge in [-0.3, -0.25) is 9.69 Å². The Morgan fingerprint density at radius 3 is 2.59 bits per heavy atom. The molecule has 1 aliphatic carbocycles. The van der Waals surface area contributed by atoms with E-state index in [0.29, 0.717) is 35.1 Å². The molecule has 1 unspecified atom stereocenters. The minimum Gasteiger partial charge on any atom is -0.344 e. The summed E-state index contributed by atoms with van der Waals surface area (Å²) in [4.78, 5) is 35.9. The van der Waals surface area contributed by atoms with Crippen molar-refractivity contribution in [2.45, 2.75) is 51.1 Å². The van der Waals surface area contributed by atoms with Crippen molar-refractivity contribution >= 4 is 34.5 Å². The molecule has 2 aromatic carbocycles. The molecule has 3 amide bonds. The number of amides is 3. The first-order valence-corrected chi connectivity index (χ1v) is 12.6. The molecule has 0 radical (unpaired) electrons. The summed E-state index contributed by atoms with van der Waals surface area (Å²) in [6, 6.07) is 13.2. The molecule has 0 spiro atoms. The van der Waals surface area contributed by atoms with Crippen LogP contribution in [-0.2, 0) is 4.79 Å². The van der Waals surface area contributed by atoms with E-state index >= 15 is 0 Å². The number of hydrogen-bond donors (Lipinski definition) is 2. The van der Waals surface area contributed by atoms with E-state index in [1.54, 1.807) is 6.07 Å². The van der Waals surface area contributed by atoms with E-state index in [-0.39, 0.29) is 17.6 Å². The molecule has 0 bridgehead atoms. The van der Waals surface area contributed by atoms with Crippen LogP contribution in [0.2, 0.25) is 0 Å². The van der Waals surface area contributed by atoms with E-state index in [9.17, 15) is 14.0 Å². The first-order chi connectivity index (χ1) is 16.3. The molecule has 1 aliphatic heterocycles. The van der Waals surface area contributed by atoms with Crippen molar-refractivity contribution in [3.8, 4) is 11.3 Å². The zero-order chi connectivity index (χ0) is 24.0. The number of rotatable bonds is 7. The topological polar surface area (TPSA) is 78.1 Å². The number of halogens is 2. The summed E-state index contributed by atoms with van der Waals surface area (Å²) in [7, 11) is 0. The molecule has 1 aromatic heterocycles. The summed E-state index contributed by atoms with van der Waals surface area (Å²) in [5.74, 6) is 0.161. The van der Waals surface area contributed by atoms with Gasteiger partial charge >= 0.3 is 6.03 Å². The van der Waals surface area contributed by atoms with Crippen LogP contribution >= 0.6 is 22.6 Å². The van der Waals surface area contributed by atoms with Crippen LogP contribution in [0.1, 0.15) is 55.2 Å². The number of benzene rings is 2. The van der Waals surface area contributed by atoms with Crippen LogP contribution in [-0.4, -0.2) is 32.8 Å². The van der Waals surface area contributed by atoms with Gasteiger partial charge in [0, 0.05) is 20.7 Å². The predicted molar refractivity (Wildman–Crippen MR) is 136 cm³/mol. The van der Waals surface area contributed by atoms with Crippen molar-refractivity contribution in [1.82, 2.24) is 20.2 Å². The molecular weight excluding hydrogens is 546 g/mol. The number of nitrogens with one attached hydrogen (secondary N) is 2. The summed E-state index contributed by atoms with van der Waals surface area (Å²) in [5.41, 5.74) is 2.53. The number of urea groups is 1. The minimum atomic E-state index is -0.654. The number of imide groups is 1. The zero-order valence-corrected chi connectivity index (χ0v) is 21.2. The molecule has 8 heteroatoms. The lowest BCUT2D eigenvalue weighted by atomic mass is 9.91. The Kier molecular flexibility index (Phi) is 6.18. The quantitative estimate of drug-likeness (QED) is 0.282. The highest BCUT2D eigenvalue weighted by atomic mass is 127. The number of aromatic amines is 1. The second-order valence-corrected chi connectivity index (χ2v) is 10.5. The highest BCUT2D eigenvalue weighted by Gasteiger charge is 2.47. The van der Waals surface area contributed by atoms with Gasteiger partial charge in [0.25, 0.3) is 5.91 Å². The molecule has 2 heterocycles. The Labute approximate surface area is 211 Å². The highest BCUT2D eigenvalue weighted by molar-refractivity contribution is 14.1. The Morgan fingerprint density at radius 2 is 1.91 bits per heavy atom. The predicted octanol–water partition coefficient (Wildman–Crippen LogP) is 5.69. The average Bonchev–Trinajstić information content (AvgIpc) is 3.50. The van der Waals surface area contributed by atoms with Gasteiger partial charge in [-0.2, -0.15) is 0 Å². The lowest BCUT2D eigenvalue weighted by Crippen LogP contribution is -2.38. The number of carbonyl (C=O) groups is 2. The van der Waals surface area contributed by atoms with Crippen molar-refractivity contribution in [2.24, 2.45) is 5.92 Å². The third-order valence-electron chi connectivity index (χ3n) is 6.76. The number of aromatic nitrogens is 2. The first-order valence-electron chi connectivity index (χ1n) is 11.5. The summed E-state index contributed by atoms with van der Waals surface area (Å²) < 4.78 is 15.6. The molecule has 2 N–H and O–H groups in total. The normalized spacial score (nSPS) is 19.9. The zero-order valence-electron chi connectivity index (χ0n) is 19.0. The Balaban J connectivity index is 1.56. The maximum Gasteiger partial charge on any atom is 0.325 e. The summed E-state index contributed by atoms with van der Waals surface area (Å²) in [5, 5.41) is 2.89. The maximum atomic E-state index is 14.8. The lowest BCUT2D eigenvalue weighted by Gasteiger charge is -2.29. The standard InChI is InChI=1S/C26H26FIN4O2/c1-14(17-6-4-3-5-7-17)23(32-25(33)21(30-26(32)34)12-16-8-9-16)24-29-15(2)22(31-24)19-11-10-18(28)13-20(19)27/h3-7,10-11,13-14,16,21,23H,8-9,12H2,1-2H3,(H,29,31)(H,30,34)/t14-,21+,23?/m0/s1. The first kappa shape index (κ1) is 23.0. The fourth-order valence-corrected chi connectivity index (χ4v) is 5.20. The van der Waals surface area contributed by atoms with Crippen molar-refractivity contribution in [1.29, 1.82) is 0 Å². The largest absolute Gasteiger partial charge is 0.344 e. The second kappa shape index (κ2) is 9.13. The molecule has 3 aromatic rings. The number of carbonyl (C=O) groups excluding carboxylic acids is 2. The Bertz CT molecular complexity index is 1240. The van der Waals surface area contributed by atoms with E-state index in [2.05, 4.69) is 32.9 Å². The van der Waals surface area contributed by atoms with Crippen LogP contribution in [0.4, 0.5) is 9.18 Å². The van der Waals surface area contributed by atoms with Crippen LogP contribution in [0.25, 0.3) is 11.3 Å². The van der Waals surface area contributed by atoms with E-state index in [0.717, 1.165) is 22.0 Å². The van der Waals surface area contributed by atoms with E-state index in [4.69, 9.17) is 4.98 Å². The average molecular weight is 572 g/mol. The van der Waals surface area contributed by atoms with Crippen LogP contribution in [0.3, 0.4) is 0 Å². The summed E-state index contributed by atoms with van der Waals surface area (Å²) in [6.45, 7) is 3.81. The SMILES string of the molecule is Cc1[nH]c(C([C@@H](C)c2ccccc2)N2C(=O)N[C@H](CC3CC3)C2=O)nc1-c1ccc(I)cc1F. The van der Waals surface area contributed by atoms with Gasteiger partial charge in [0.05, 0.1) is 5.69 Å². The Hall–Kier alpha value is -2.75. The third kappa shape index (κ3) is 4.35. The van der Waals surface area contributed by atoms with Gasteiger partial charge in [-0.05, 0) is 65.6 Å². The number of H-pyrrole nitrogens is 1. The second-order valence-electron chi connectivity index (χ2n) is 9.25. The van der Waals surface area contributed by atoms with E-state index in [1.165, 1.54) is 11.0 Å². The summed E-state index contributed by atoms with van der Waals surface area (Å²) in [6.07, 6.45) is 2.88. The molecule has 3 atom stereocenters. The summed E-state index contributed by atoms with van der Waals surface area (Å²) >= 11 is 2.07. The molecule has 1 saturated heterocycles. The van der Waals surface area contributed by atoms with Crippen LogP contribution in [0, 0.1) is 22.2 Å². The van der Waals surface area contributed by atoms with Gasteiger partial charge in [-0.25, -0.2) is 14.2 Å². The van der Waals surface area contributed by atoms with Crippen molar-refractivity contribution in [2.75, 3.05) is 0 Å². The van der Waals surface area contributed by atoms with Gasteiger partial charge in [0.2, 0.25) is 0 Å². The fraction of sp³-hybridized carbons (Fsp3) is 0.346. The van der Waals surface area contributed by atoms with Crippen LogP contribution < -0.4 is 5.32 Å². The molecule has 5 rings (SSSR count). The molecular formula is C26H26FIN4O2. The molecule has 1 saturated carbocycles. The third-order valence-corrected chi connectivity index (χ3v) is 7.44. The fourth-order valence-electron chi connectivity index (χ4n) is 4.75. The molecule has 176 valence electrons. The minimum absolute atomic E-state index is 0.222. The molecule has 2 fully saturated rings. The van der Waals surface area contributed by atoms with Crippen LogP contribution in [0.15, 0.2) is 48.5 Å². The lowest BCUT2D eigenvalue weighted by molar-refractivity contribution is -0.129. The highest BCUT2D eigenvalue weighted by Crippen LogP contribution is 2.40. The molecule has 34 heavy (non-hydrogen) atoms. The molecule has 6 nitrogen and oxygen atoms in total. The van der Waals surface area contributed by atoms with Gasteiger partial charge < -0.3 is 10.3 Å². The molecule has 2 aliphatic rings. The van der Waals surface area contributed by atoms with E-state index < -0.39 is 18.1 Å². The van der Waals surface area contributed by atoms with Crippen molar-refractivity contribution in [3.05, 3.63) is 75.0 Å².